The number of allylic oxidation sites excluding steroid dienone is 4. The number of fused-ring (bicyclic) bond motifs is 1. The smallest absolute Gasteiger partial charge is 0.161 e. The van der Waals surface area contributed by atoms with Gasteiger partial charge in [0.1, 0.15) is 0 Å². The molecule has 0 fully saturated rings. The molecule has 21 heavy (non-hydrogen) atoms. The second-order valence-corrected chi connectivity index (χ2v) is 5.50. The minimum Gasteiger partial charge on any atom is -0.493 e. The summed E-state index contributed by atoms with van der Waals surface area (Å²) >= 11 is 11.9. The average Bonchev–Trinajstić information content (AvgIpc) is 2.45. The summed E-state index contributed by atoms with van der Waals surface area (Å²) in [6, 6.07) is 3.95. The number of rotatable bonds is 4. The lowest BCUT2D eigenvalue weighted by Crippen LogP contribution is -2.22. The second-order valence-electron chi connectivity index (χ2n) is 4.58. The lowest BCUT2D eigenvalue weighted by molar-refractivity contribution is 0.354. The third-order valence-corrected chi connectivity index (χ3v) is 3.51. The minimum atomic E-state index is 0.389. The van der Waals surface area contributed by atoms with Gasteiger partial charge in [0.15, 0.2) is 11.5 Å². The van der Waals surface area contributed by atoms with E-state index in [-0.39, 0.29) is 0 Å². The maximum Gasteiger partial charge on any atom is 0.161 e. The number of hydrogen-bond donors (Lipinski definition) is 1. The molecule has 0 aliphatic carbocycles. The highest BCUT2D eigenvalue weighted by atomic mass is 35.5. The Hall–Kier alpha value is -1.58. The Morgan fingerprint density at radius 3 is 2.52 bits per heavy atom. The first kappa shape index (κ1) is 15.8. The van der Waals surface area contributed by atoms with Crippen molar-refractivity contribution in [3.63, 3.8) is 0 Å². The van der Waals surface area contributed by atoms with E-state index in [0.29, 0.717) is 15.8 Å². The Labute approximate surface area is 134 Å². The number of methoxy groups -OCH3 is 2. The Kier molecular flexibility index (Phi) is 5.21. The van der Waals surface area contributed by atoms with Crippen LogP contribution >= 0.6 is 23.2 Å². The summed E-state index contributed by atoms with van der Waals surface area (Å²) < 4.78 is 10.7. The standard InChI is InChI=1S/C16H17Cl2NO2/c1-10(17)6-12(18)8-14-13-9-16(21-3)15(20-2)7-11(13)4-5-19-14/h6-9,19H,1,4-5H2,2-3H3/b12-6+,14-8-. The van der Waals surface area contributed by atoms with Gasteiger partial charge >= 0.3 is 0 Å². The molecule has 0 aromatic heterocycles. The van der Waals surface area contributed by atoms with Gasteiger partial charge in [-0.05, 0) is 36.3 Å². The molecule has 0 spiro atoms. The van der Waals surface area contributed by atoms with Gasteiger partial charge in [0.25, 0.3) is 0 Å². The molecule has 1 aliphatic heterocycles. The van der Waals surface area contributed by atoms with Crippen LogP contribution in [0.3, 0.4) is 0 Å². The third kappa shape index (κ3) is 3.74. The van der Waals surface area contributed by atoms with Gasteiger partial charge in [0.2, 0.25) is 0 Å². The quantitative estimate of drug-likeness (QED) is 0.846. The summed E-state index contributed by atoms with van der Waals surface area (Å²) in [5, 5.41) is 4.24. The van der Waals surface area contributed by atoms with Gasteiger partial charge in [-0.1, -0.05) is 29.8 Å². The number of ether oxygens (including phenoxy) is 2. The zero-order chi connectivity index (χ0) is 15.4. The fraction of sp³-hybridized carbons (Fsp3) is 0.250. The zero-order valence-electron chi connectivity index (χ0n) is 12.0. The molecule has 1 aromatic carbocycles. The van der Waals surface area contributed by atoms with Gasteiger partial charge in [0.05, 0.1) is 14.2 Å². The summed E-state index contributed by atoms with van der Waals surface area (Å²) in [5.41, 5.74) is 3.16. The summed E-state index contributed by atoms with van der Waals surface area (Å²) in [6.45, 7) is 4.43. The SMILES string of the molecule is C=C(Cl)/C=C(Cl)\C=C1/NCCc2cc(OC)c(OC)cc21. The number of benzene rings is 1. The number of nitrogens with one attached hydrogen (secondary N) is 1. The van der Waals surface area contributed by atoms with Crippen LogP contribution in [0.25, 0.3) is 5.70 Å². The first-order valence-electron chi connectivity index (χ1n) is 6.47. The molecule has 112 valence electrons. The molecule has 0 amide bonds. The largest absolute Gasteiger partial charge is 0.493 e. The lowest BCUT2D eigenvalue weighted by Gasteiger charge is -2.23. The molecule has 5 heteroatoms. The minimum absolute atomic E-state index is 0.389. The van der Waals surface area contributed by atoms with Crippen LogP contribution in [0.5, 0.6) is 11.5 Å². The van der Waals surface area contributed by atoms with E-state index < -0.39 is 0 Å². The Morgan fingerprint density at radius 2 is 1.90 bits per heavy atom. The summed E-state index contributed by atoms with van der Waals surface area (Å²) in [5.74, 6) is 1.42. The topological polar surface area (TPSA) is 30.5 Å². The highest BCUT2D eigenvalue weighted by Gasteiger charge is 2.18. The van der Waals surface area contributed by atoms with Crippen LogP contribution in [-0.4, -0.2) is 20.8 Å². The average molecular weight is 326 g/mol. The van der Waals surface area contributed by atoms with Crippen LogP contribution in [0.15, 0.2) is 40.9 Å². The lowest BCUT2D eigenvalue weighted by atomic mass is 9.97. The van der Waals surface area contributed by atoms with Crippen molar-refractivity contribution in [1.82, 2.24) is 5.32 Å². The van der Waals surface area contributed by atoms with Crippen molar-refractivity contribution in [2.45, 2.75) is 6.42 Å². The molecule has 1 N–H and O–H groups in total. The first-order valence-corrected chi connectivity index (χ1v) is 7.23. The van der Waals surface area contributed by atoms with Crippen LogP contribution in [-0.2, 0) is 6.42 Å². The summed E-state index contributed by atoms with van der Waals surface area (Å²) in [6.07, 6.45) is 4.35. The van der Waals surface area contributed by atoms with Crippen molar-refractivity contribution in [1.29, 1.82) is 0 Å². The molecular weight excluding hydrogens is 309 g/mol. The second kappa shape index (κ2) is 6.92. The molecule has 0 unspecified atom stereocenters. The highest BCUT2D eigenvalue weighted by molar-refractivity contribution is 6.35. The molecule has 0 bridgehead atoms. The van der Waals surface area contributed by atoms with Crippen molar-refractivity contribution in [3.8, 4) is 11.5 Å². The van der Waals surface area contributed by atoms with E-state index in [2.05, 4.69) is 11.9 Å². The van der Waals surface area contributed by atoms with Gasteiger partial charge in [-0.25, -0.2) is 0 Å². The van der Waals surface area contributed by atoms with E-state index in [1.165, 1.54) is 5.56 Å². The summed E-state index contributed by atoms with van der Waals surface area (Å²) in [4.78, 5) is 0. The molecule has 0 atom stereocenters. The Bertz CT molecular complexity index is 621. The molecule has 2 rings (SSSR count). The molecular formula is C16H17Cl2NO2. The molecule has 1 aromatic rings. The molecule has 0 radical (unpaired) electrons. The van der Waals surface area contributed by atoms with Crippen LogP contribution in [0.2, 0.25) is 0 Å². The monoisotopic (exact) mass is 325 g/mol. The van der Waals surface area contributed by atoms with Gasteiger partial charge in [-0.3, -0.25) is 0 Å². The maximum atomic E-state index is 6.15. The van der Waals surface area contributed by atoms with Crippen molar-refractivity contribution in [2.75, 3.05) is 20.8 Å². The van der Waals surface area contributed by atoms with Crippen molar-refractivity contribution in [2.24, 2.45) is 0 Å². The maximum absolute atomic E-state index is 6.15. The fourth-order valence-electron chi connectivity index (χ4n) is 2.26. The highest BCUT2D eigenvalue weighted by Crippen LogP contribution is 2.35. The van der Waals surface area contributed by atoms with Crippen LogP contribution in [0.4, 0.5) is 0 Å². The zero-order valence-corrected chi connectivity index (χ0v) is 13.5. The van der Waals surface area contributed by atoms with Gasteiger partial charge < -0.3 is 14.8 Å². The molecule has 0 saturated carbocycles. The predicted molar refractivity (Wildman–Crippen MR) is 88.2 cm³/mol. The molecule has 1 heterocycles. The molecule has 1 aliphatic rings. The van der Waals surface area contributed by atoms with Crippen LogP contribution in [0.1, 0.15) is 11.1 Å². The fourth-order valence-corrected chi connectivity index (χ4v) is 2.68. The van der Waals surface area contributed by atoms with E-state index in [1.54, 1.807) is 20.3 Å². The van der Waals surface area contributed by atoms with Gasteiger partial charge in [-0.2, -0.15) is 0 Å². The van der Waals surface area contributed by atoms with Crippen LogP contribution < -0.4 is 14.8 Å². The van der Waals surface area contributed by atoms with Gasteiger partial charge in [-0.15, -0.1) is 0 Å². The van der Waals surface area contributed by atoms with Crippen molar-refractivity contribution < 1.29 is 9.47 Å². The molecule has 3 nitrogen and oxygen atoms in total. The molecule has 0 saturated heterocycles. The van der Waals surface area contributed by atoms with E-state index >= 15 is 0 Å². The Balaban J connectivity index is 2.48. The number of hydrogen-bond acceptors (Lipinski definition) is 3. The van der Waals surface area contributed by atoms with E-state index in [4.69, 9.17) is 32.7 Å². The van der Waals surface area contributed by atoms with Crippen LogP contribution in [0, 0.1) is 0 Å². The predicted octanol–water partition coefficient (Wildman–Crippen LogP) is 4.07. The number of halogens is 2. The third-order valence-electron chi connectivity index (χ3n) is 3.19. The normalized spacial score (nSPS) is 16.2. The van der Waals surface area contributed by atoms with Crippen molar-refractivity contribution >= 4 is 28.9 Å². The van der Waals surface area contributed by atoms with E-state index in [1.807, 2.05) is 18.2 Å². The Morgan fingerprint density at radius 1 is 1.24 bits per heavy atom. The summed E-state index contributed by atoms with van der Waals surface area (Å²) in [7, 11) is 3.25. The van der Waals surface area contributed by atoms with Crippen molar-refractivity contribution in [3.05, 3.63) is 52.1 Å². The first-order chi connectivity index (χ1) is 10.0. The van der Waals surface area contributed by atoms with E-state index in [9.17, 15) is 0 Å². The van der Waals surface area contributed by atoms with Gasteiger partial charge in [0, 0.05) is 27.9 Å². The van der Waals surface area contributed by atoms with E-state index in [0.717, 1.165) is 30.0 Å².